The lowest BCUT2D eigenvalue weighted by atomic mass is 10.1. The zero-order chi connectivity index (χ0) is 11.7. The van der Waals surface area contributed by atoms with Gasteiger partial charge in [-0.2, -0.15) is 0 Å². The monoisotopic (exact) mass is 293 g/mol. The SMILES string of the molecule is [Cl-].[Cl-].[NH3+]c1ccc2ccc(-c3ccccc3)[o+]c2c1. The summed E-state index contributed by atoms with van der Waals surface area (Å²) in [7, 11) is 0. The molecule has 0 aliphatic rings. The summed E-state index contributed by atoms with van der Waals surface area (Å²) in [5.74, 6) is 0.878. The molecule has 1 heterocycles. The van der Waals surface area contributed by atoms with E-state index in [1.54, 1.807) is 0 Å². The first-order valence-electron chi connectivity index (χ1n) is 5.57. The van der Waals surface area contributed by atoms with Crippen molar-refractivity contribution in [2.24, 2.45) is 0 Å². The molecule has 3 N–H and O–H groups in total. The molecule has 98 valence electrons. The molecule has 4 heteroatoms. The Hall–Kier alpha value is -1.61. The van der Waals surface area contributed by atoms with Crippen molar-refractivity contribution in [1.82, 2.24) is 0 Å². The van der Waals surface area contributed by atoms with Gasteiger partial charge in [0.05, 0.1) is 10.9 Å². The molecule has 0 spiro atoms. The molecule has 19 heavy (non-hydrogen) atoms. The maximum atomic E-state index is 5.89. The standard InChI is InChI=1S/C15H12NO.2ClH/c16-13-8-6-12-7-9-14(17-15(12)10-13)11-4-2-1-3-5-11;;/h1-10H,16H2;2*1H/q+1;;/p-1. The Morgan fingerprint density at radius 1 is 0.789 bits per heavy atom. The molecule has 0 unspecified atom stereocenters. The third-order valence-corrected chi connectivity index (χ3v) is 2.77. The number of quaternary nitrogens is 1. The smallest absolute Gasteiger partial charge is 0.366 e. The van der Waals surface area contributed by atoms with Crippen molar-refractivity contribution in [3.8, 4) is 11.3 Å². The van der Waals surface area contributed by atoms with E-state index in [1.165, 1.54) is 0 Å². The van der Waals surface area contributed by atoms with Crippen molar-refractivity contribution < 1.29 is 35.0 Å². The van der Waals surface area contributed by atoms with E-state index >= 15 is 0 Å². The summed E-state index contributed by atoms with van der Waals surface area (Å²) in [6.07, 6.45) is 0. The van der Waals surface area contributed by atoms with E-state index in [0.29, 0.717) is 0 Å². The number of benzene rings is 2. The minimum atomic E-state index is 0. The van der Waals surface area contributed by atoms with Gasteiger partial charge < -0.3 is 30.5 Å². The fraction of sp³-hybridized carbons (Fsp3) is 0. The molecule has 0 radical (unpaired) electrons. The van der Waals surface area contributed by atoms with Crippen LogP contribution in [0.3, 0.4) is 0 Å². The molecule has 0 aliphatic heterocycles. The molecule has 0 amide bonds. The highest BCUT2D eigenvalue weighted by Crippen LogP contribution is 2.25. The summed E-state index contributed by atoms with van der Waals surface area (Å²) in [6, 6.07) is 20.1. The van der Waals surface area contributed by atoms with E-state index in [4.69, 9.17) is 4.42 Å². The van der Waals surface area contributed by atoms with Gasteiger partial charge in [0.1, 0.15) is 11.8 Å². The molecule has 3 rings (SSSR count). The van der Waals surface area contributed by atoms with E-state index < -0.39 is 0 Å². The molecule has 2 aromatic carbocycles. The van der Waals surface area contributed by atoms with Crippen LogP contribution in [-0.4, -0.2) is 0 Å². The lowest BCUT2D eigenvalue weighted by Crippen LogP contribution is -3.00. The fourth-order valence-electron chi connectivity index (χ4n) is 1.88. The number of fused-ring (bicyclic) bond motifs is 1. The Morgan fingerprint density at radius 2 is 1.47 bits per heavy atom. The van der Waals surface area contributed by atoms with E-state index in [9.17, 15) is 0 Å². The van der Waals surface area contributed by atoms with Crippen LogP contribution in [0.25, 0.3) is 22.3 Å². The van der Waals surface area contributed by atoms with Crippen molar-refractivity contribution in [2.45, 2.75) is 0 Å². The van der Waals surface area contributed by atoms with Crippen molar-refractivity contribution in [1.29, 1.82) is 0 Å². The zero-order valence-corrected chi connectivity index (χ0v) is 11.7. The highest BCUT2D eigenvalue weighted by molar-refractivity contribution is 5.80. The molecule has 0 fully saturated rings. The van der Waals surface area contributed by atoms with Gasteiger partial charge in [0.25, 0.3) is 0 Å². The van der Waals surface area contributed by atoms with Gasteiger partial charge in [-0.3, -0.25) is 0 Å². The van der Waals surface area contributed by atoms with Crippen LogP contribution in [-0.2, 0) is 0 Å². The largest absolute Gasteiger partial charge is 1.00 e. The van der Waals surface area contributed by atoms with Gasteiger partial charge in [-0.1, -0.05) is 18.2 Å². The highest BCUT2D eigenvalue weighted by atomic mass is 35.5. The van der Waals surface area contributed by atoms with Crippen LogP contribution < -0.4 is 30.5 Å². The third-order valence-electron chi connectivity index (χ3n) is 2.77. The van der Waals surface area contributed by atoms with Gasteiger partial charge in [-0.05, 0) is 24.3 Å². The maximum absolute atomic E-state index is 5.89. The number of hydrogen-bond acceptors (Lipinski definition) is 0. The van der Waals surface area contributed by atoms with E-state index in [1.807, 2.05) is 54.6 Å². The van der Waals surface area contributed by atoms with Crippen molar-refractivity contribution in [3.05, 3.63) is 60.7 Å². The molecular weight excluding hydrogens is 281 g/mol. The molecular formula is C15H13Cl2NO. The first-order valence-corrected chi connectivity index (χ1v) is 5.57. The Labute approximate surface area is 124 Å². The average molecular weight is 294 g/mol. The summed E-state index contributed by atoms with van der Waals surface area (Å²) in [5.41, 5.74) is 6.84. The minimum Gasteiger partial charge on any atom is -1.00 e. The number of rotatable bonds is 1. The van der Waals surface area contributed by atoms with E-state index in [0.717, 1.165) is 28.0 Å². The summed E-state index contributed by atoms with van der Waals surface area (Å²) in [4.78, 5) is 0. The second-order valence-electron chi connectivity index (χ2n) is 4.04. The van der Waals surface area contributed by atoms with Gasteiger partial charge >= 0.3 is 11.3 Å². The van der Waals surface area contributed by atoms with Crippen LogP contribution >= 0.6 is 0 Å². The average Bonchev–Trinajstić information content (AvgIpc) is 2.39. The van der Waals surface area contributed by atoms with E-state index in [2.05, 4.69) is 11.8 Å². The van der Waals surface area contributed by atoms with Crippen LogP contribution in [0.5, 0.6) is 0 Å². The maximum Gasteiger partial charge on any atom is 0.366 e. The zero-order valence-electron chi connectivity index (χ0n) is 10.1. The van der Waals surface area contributed by atoms with Crippen LogP contribution in [0.2, 0.25) is 0 Å². The number of halogens is 2. The highest BCUT2D eigenvalue weighted by Gasteiger charge is 2.14. The quantitative estimate of drug-likeness (QED) is 0.486. The van der Waals surface area contributed by atoms with Gasteiger partial charge in [0.2, 0.25) is 0 Å². The Balaban J connectivity index is 0.000000902. The van der Waals surface area contributed by atoms with Crippen LogP contribution in [0.1, 0.15) is 0 Å². The fourth-order valence-corrected chi connectivity index (χ4v) is 1.88. The van der Waals surface area contributed by atoms with Crippen LogP contribution in [0.4, 0.5) is 5.69 Å². The van der Waals surface area contributed by atoms with Crippen molar-refractivity contribution in [3.63, 3.8) is 0 Å². The van der Waals surface area contributed by atoms with Crippen LogP contribution in [0, 0.1) is 0 Å². The lowest BCUT2D eigenvalue weighted by molar-refractivity contribution is -0.254. The first-order chi connectivity index (χ1) is 8.33. The van der Waals surface area contributed by atoms with Crippen molar-refractivity contribution >= 4 is 16.7 Å². The van der Waals surface area contributed by atoms with Crippen molar-refractivity contribution in [2.75, 3.05) is 0 Å². The second-order valence-corrected chi connectivity index (χ2v) is 4.04. The van der Waals surface area contributed by atoms with Gasteiger partial charge in [0.15, 0.2) is 0 Å². The van der Waals surface area contributed by atoms with Gasteiger partial charge in [0, 0.05) is 12.1 Å². The second kappa shape index (κ2) is 6.53. The molecule has 0 aliphatic carbocycles. The summed E-state index contributed by atoms with van der Waals surface area (Å²) >= 11 is 0. The predicted octanol–water partition coefficient (Wildman–Crippen LogP) is -2.74. The molecule has 0 bridgehead atoms. The lowest BCUT2D eigenvalue weighted by Gasteiger charge is -1.92. The Bertz CT molecular complexity index is 671. The molecule has 0 saturated heterocycles. The summed E-state index contributed by atoms with van der Waals surface area (Å²) in [6.45, 7) is 0. The van der Waals surface area contributed by atoms with Gasteiger partial charge in [-0.15, -0.1) is 0 Å². The molecule has 1 aromatic heterocycles. The van der Waals surface area contributed by atoms with Crippen LogP contribution in [0.15, 0.2) is 65.1 Å². The molecule has 3 aromatic rings. The summed E-state index contributed by atoms with van der Waals surface area (Å²) < 4.78 is 5.89. The predicted molar refractivity (Wildman–Crippen MR) is 68.6 cm³/mol. The topological polar surface area (TPSA) is 38.9 Å². The number of hydrogen-bond donors (Lipinski definition) is 1. The molecule has 2 nitrogen and oxygen atoms in total. The Morgan fingerprint density at radius 3 is 2.21 bits per heavy atom. The molecule has 0 atom stereocenters. The van der Waals surface area contributed by atoms with E-state index in [-0.39, 0.29) is 24.8 Å². The minimum absolute atomic E-state index is 0. The van der Waals surface area contributed by atoms with Gasteiger partial charge in [-0.25, -0.2) is 4.42 Å². The Kier molecular flexibility index (Phi) is 5.31. The normalized spacial score (nSPS) is 9.53. The molecule has 0 saturated carbocycles. The third kappa shape index (κ3) is 3.24. The first kappa shape index (κ1) is 15.4. The summed E-state index contributed by atoms with van der Waals surface area (Å²) in [5, 5.41) is 1.09.